The lowest BCUT2D eigenvalue weighted by molar-refractivity contribution is 0.236. The zero-order chi connectivity index (χ0) is 10.8. The summed E-state index contributed by atoms with van der Waals surface area (Å²) in [7, 11) is 0. The van der Waals surface area contributed by atoms with Crippen LogP contribution < -0.4 is 5.73 Å². The summed E-state index contributed by atoms with van der Waals surface area (Å²) in [4.78, 5) is 4.10. The third-order valence-corrected chi connectivity index (χ3v) is 1.69. The predicted octanol–water partition coefficient (Wildman–Crippen LogP) is 0.650. The molecule has 1 atom stereocenters. The van der Waals surface area contributed by atoms with E-state index >= 15 is 0 Å². The van der Waals surface area contributed by atoms with E-state index in [1.165, 1.54) is 0 Å². The van der Waals surface area contributed by atoms with Gasteiger partial charge in [0.2, 0.25) is 5.89 Å². The van der Waals surface area contributed by atoms with Gasteiger partial charge >= 0.3 is 0 Å². The van der Waals surface area contributed by atoms with E-state index in [-0.39, 0.29) is 12.0 Å². The first kappa shape index (κ1) is 11.1. The molecule has 0 saturated heterocycles. The topological polar surface area (TPSA) is 85.2 Å². The fraction of sp³-hybridized carbons (Fsp3) is 0.778. The minimum absolute atomic E-state index is 0.116. The maximum absolute atomic E-state index is 8.78. The molecule has 1 aromatic rings. The van der Waals surface area contributed by atoms with E-state index in [1.54, 1.807) is 0 Å². The molecule has 0 radical (unpaired) electrons. The van der Waals surface area contributed by atoms with Gasteiger partial charge in [-0.2, -0.15) is 4.98 Å². The van der Waals surface area contributed by atoms with Gasteiger partial charge in [-0.25, -0.2) is 0 Å². The molecule has 0 aromatic carbocycles. The van der Waals surface area contributed by atoms with Crippen LogP contribution in [-0.4, -0.2) is 21.9 Å². The lowest BCUT2D eigenvalue weighted by Crippen LogP contribution is -2.15. The van der Waals surface area contributed by atoms with Crippen LogP contribution in [-0.2, 0) is 6.42 Å². The van der Waals surface area contributed by atoms with E-state index in [0.29, 0.717) is 11.7 Å². The summed E-state index contributed by atoms with van der Waals surface area (Å²) in [5, 5.41) is 12.6. The van der Waals surface area contributed by atoms with Gasteiger partial charge in [-0.15, -0.1) is 0 Å². The first-order chi connectivity index (χ1) is 6.42. The van der Waals surface area contributed by atoms with Crippen molar-refractivity contribution in [2.24, 2.45) is 11.1 Å². The number of nitrogens with two attached hydrogens (primary N) is 1. The lowest BCUT2D eigenvalue weighted by Gasteiger charge is -2.14. The zero-order valence-electron chi connectivity index (χ0n) is 8.82. The molecule has 0 unspecified atom stereocenters. The third kappa shape index (κ3) is 3.08. The molecule has 0 amide bonds. The van der Waals surface area contributed by atoms with E-state index in [0.717, 1.165) is 6.42 Å². The maximum Gasteiger partial charge on any atom is 0.245 e. The van der Waals surface area contributed by atoms with Crippen LogP contribution in [0.4, 0.5) is 0 Å². The van der Waals surface area contributed by atoms with Gasteiger partial charge in [-0.05, 0) is 5.41 Å². The molecule has 5 heteroatoms. The molecule has 0 aliphatic carbocycles. The molecule has 5 nitrogen and oxygen atoms in total. The van der Waals surface area contributed by atoms with Crippen LogP contribution in [0.2, 0.25) is 0 Å². The summed E-state index contributed by atoms with van der Waals surface area (Å²) in [6, 6.07) is -0.573. The van der Waals surface area contributed by atoms with E-state index in [4.69, 9.17) is 15.4 Å². The summed E-state index contributed by atoms with van der Waals surface area (Å²) in [6.45, 7) is 6.09. The van der Waals surface area contributed by atoms with Crippen molar-refractivity contribution in [3.8, 4) is 0 Å². The quantitative estimate of drug-likeness (QED) is 0.746. The summed E-state index contributed by atoms with van der Waals surface area (Å²) in [5.41, 5.74) is 5.64. The fourth-order valence-electron chi connectivity index (χ4n) is 1.04. The minimum atomic E-state index is -0.573. The van der Waals surface area contributed by atoms with Crippen molar-refractivity contribution in [3.63, 3.8) is 0 Å². The van der Waals surface area contributed by atoms with Gasteiger partial charge in [-0.3, -0.25) is 0 Å². The van der Waals surface area contributed by atoms with Gasteiger partial charge in [-0.1, -0.05) is 25.9 Å². The molecular weight excluding hydrogens is 182 g/mol. The molecule has 1 rings (SSSR count). The van der Waals surface area contributed by atoms with Gasteiger partial charge in [0.05, 0.1) is 6.61 Å². The van der Waals surface area contributed by atoms with Crippen LogP contribution in [0.25, 0.3) is 0 Å². The molecule has 1 aromatic heterocycles. The molecule has 0 aliphatic rings. The van der Waals surface area contributed by atoms with E-state index in [1.807, 2.05) is 0 Å². The number of aromatic nitrogens is 2. The number of hydrogen-bond acceptors (Lipinski definition) is 5. The highest BCUT2D eigenvalue weighted by Gasteiger charge is 2.18. The van der Waals surface area contributed by atoms with Gasteiger partial charge in [0.1, 0.15) is 6.04 Å². The van der Waals surface area contributed by atoms with Crippen LogP contribution in [0.5, 0.6) is 0 Å². The molecule has 0 bridgehead atoms. The highest BCUT2D eigenvalue weighted by Crippen LogP contribution is 2.19. The standard InChI is InChI=1S/C9H17N3O2/c1-9(2,3)4-7-11-8(14-12-7)6(10)5-13/h6,13H,4-5,10H2,1-3H3/t6-/m1/s1. The van der Waals surface area contributed by atoms with E-state index < -0.39 is 6.04 Å². The summed E-state index contributed by atoms with van der Waals surface area (Å²) in [6.07, 6.45) is 0.731. The van der Waals surface area contributed by atoms with Crippen LogP contribution in [0.15, 0.2) is 4.52 Å². The summed E-state index contributed by atoms with van der Waals surface area (Å²) in [5.74, 6) is 0.933. The summed E-state index contributed by atoms with van der Waals surface area (Å²) >= 11 is 0. The Hall–Kier alpha value is -0.940. The van der Waals surface area contributed by atoms with Gasteiger partial charge < -0.3 is 15.4 Å². The Morgan fingerprint density at radius 3 is 2.64 bits per heavy atom. The highest BCUT2D eigenvalue weighted by atomic mass is 16.5. The smallest absolute Gasteiger partial charge is 0.245 e. The summed E-state index contributed by atoms with van der Waals surface area (Å²) < 4.78 is 4.92. The maximum atomic E-state index is 8.78. The highest BCUT2D eigenvalue weighted by molar-refractivity contribution is 4.93. The van der Waals surface area contributed by atoms with Crippen molar-refractivity contribution in [1.82, 2.24) is 10.1 Å². The second-order valence-corrected chi connectivity index (χ2v) is 4.58. The molecule has 80 valence electrons. The Morgan fingerprint density at radius 2 is 2.14 bits per heavy atom. The van der Waals surface area contributed by atoms with Crippen molar-refractivity contribution in [2.75, 3.05) is 6.61 Å². The molecule has 3 N–H and O–H groups in total. The second kappa shape index (κ2) is 4.06. The third-order valence-electron chi connectivity index (χ3n) is 1.69. The van der Waals surface area contributed by atoms with Crippen LogP contribution in [0, 0.1) is 5.41 Å². The van der Waals surface area contributed by atoms with Crippen LogP contribution >= 0.6 is 0 Å². The molecule has 0 fully saturated rings. The number of nitrogens with zero attached hydrogens (tertiary/aromatic N) is 2. The average molecular weight is 199 g/mol. The minimum Gasteiger partial charge on any atom is -0.394 e. The van der Waals surface area contributed by atoms with Gasteiger partial charge in [0, 0.05) is 6.42 Å². The SMILES string of the molecule is CC(C)(C)Cc1noc([C@H](N)CO)n1. The van der Waals surface area contributed by atoms with E-state index in [2.05, 4.69) is 30.9 Å². The van der Waals surface area contributed by atoms with Crippen LogP contribution in [0.1, 0.15) is 38.5 Å². The number of hydrogen-bond donors (Lipinski definition) is 2. The largest absolute Gasteiger partial charge is 0.394 e. The van der Waals surface area contributed by atoms with Gasteiger partial charge in [0.15, 0.2) is 5.82 Å². The number of aliphatic hydroxyl groups excluding tert-OH is 1. The van der Waals surface area contributed by atoms with Crippen molar-refractivity contribution in [2.45, 2.75) is 33.2 Å². The normalized spacial score (nSPS) is 14.4. The Kier molecular flexibility index (Phi) is 3.23. The van der Waals surface area contributed by atoms with Crippen molar-refractivity contribution in [3.05, 3.63) is 11.7 Å². The zero-order valence-corrected chi connectivity index (χ0v) is 8.82. The molecular formula is C9H17N3O2. The average Bonchev–Trinajstić information content (AvgIpc) is 2.48. The molecule has 0 saturated carbocycles. The van der Waals surface area contributed by atoms with Gasteiger partial charge in [0.25, 0.3) is 0 Å². The monoisotopic (exact) mass is 199 g/mol. The first-order valence-electron chi connectivity index (χ1n) is 4.61. The van der Waals surface area contributed by atoms with Crippen molar-refractivity contribution >= 4 is 0 Å². The van der Waals surface area contributed by atoms with Crippen LogP contribution in [0.3, 0.4) is 0 Å². The molecule has 14 heavy (non-hydrogen) atoms. The Balaban J connectivity index is 2.69. The first-order valence-corrected chi connectivity index (χ1v) is 4.61. The molecule has 0 aliphatic heterocycles. The van der Waals surface area contributed by atoms with Crippen molar-refractivity contribution in [1.29, 1.82) is 0 Å². The lowest BCUT2D eigenvalue weighted by atomic mass is 9.92. The Morgan fingerprint density at radius 1 is 1.50 bits per heavy atom. The fourth-order valence-corrected chi connectivity index (χ4v) is 1.04. The number of aliphatic hydroxyl groups is 1. The molecule has 0 spiro atoms. The van der Waals surface area contributed by atoms with E-state index in [9.17, 15) is 0 Å². The molecule has 1 heterocycles. The number of rotatable bonds is 3. The predicted molar refractivity (Wildman–Crippen MR) is 51.5 cm³/mol. The Bertz CT molecular complexity index is 290. The second-order valence-electron chi connectivity index (χ2n) is 4.58. The van der Waals surface area contributed by atoms with Crippen molar-refractivity contribution < 1.29 is 9.63 Å². The Labute approximate surface area is 83.3 Å².